The van der Waals surface area contributed by atoms with Gasteiger partial charge in [-0.3, -0.25) is 42.7 Å². The third-order valence-corrected chi connectivity index (χ3v) is 27.2. The van der Waals surface area contributed by atoms with Crippen molar-refractivity contribution in [2.24, 2.45) is 10.8 Å². The number of ether oxygens (including phenoxy) is 4. The van der Waals surface area contributed by atoms with Gasteiger partial charge in [0.05, 0.1) is 37.0 Å². The number of likely N-dealkylation sites (N-methyl/N-ethyl adjacent to an activating group) is 4. The van der Waals surface area contributed by atoms with Crippen LogP contribution in [0.5, 0.6) is 46.0 Å². The molecule has 140 heavy (non-hydrogen) atoms. The molecule has 4 fully saturated rings. The lowest BCUT2D eigenvalue weighted by molar-refractivity contribution is -0.162. The average molecular weight is 2040 g/mol. The van der Waals surface area contributed by atoms with E-state index in [9.17, 15) is 78.1 Å². The van der Waals surface area contributed by atoms with Crippen LogP contribution < -0.4 is 36.3 Å². The van der Waals surface area contributed by atoms with Crippen LogP contribution in [0.1, 0.15) is 126 Å². The lowest BCUT2D eigenvalue weighted by atomic mass is 9.84. The summed E-state index contributed by atoms with van der Waals surface area (Å²) in [6.45, 7) is 22.7. The minimum Gasteiger partial charge on any atom is -0.507 e. The maximum absolute atomic E-state index is 13.4. The quantitative estimate of drug-likeness (QED) is 0.0193. The molecule has 4 saturated heterocycles. The molecule has 0 radical (unpaired) electrons. The Kier molecular flexibility index (Phi) is 32.7. The van der Waals surface area contributed by atoms with Crippen molar-refractivity contribution in [1.29, 1.82) is 0 Å². The molecule has 12 aromatic rings. The highest BCUT2D eigenvalue weighted by molar-refractivity contribution is 7.57. The van der Waals surface area contributed by atoms with Gasteiger partial charge in [-0.15, -0.1) is 0 Å². The summed E-state index contributed by atoms with van der Waals surface area (Å²) < 4.78 is 85.3. The predicted molar refractivity (Wildman–Crippen MR) is 539 cm³/mol. The van der Waals surface area contributed by atoms with Gasteiger partial charge >= 0.3 is 24.0 Å². The standard InChI is InChI=1S/C31H36ClNO7.C25H30ClNO7P2.C24H24ClNO6.C23H23ClN2O6/c1-30(2,3)28(36)39-23-15-21(35)26-20(34)14-22(17-10-8-9-11-19(17)32)38-27(26)25(23)18-12-13-33(7)16-24(18)40-29(37)31(4,5)6;1-27-11-10-16(22(14-27)34-36(4,5)31)23-21(33-35(2,3)30)13-19(29)24-18(28)12-20(32-25(23)24)15-8-6-7-9-17(15)26;1-3-21(30)31-20-12-26(2)9-8-14(20)22-16(27)10-17(28)23-18(29)11-19(32-24(22)23)13-6-4-5-7-15(13)25;1-25-23(30)32-19-11-26(2)8-7-13(19)20-15(27)9-16(28)21-17(29)10-18(31-22(20)21)12-5-3-4-6-14(12)24/h8-11,14-15,18,24,35H,12-13,16H2,1-7H3;6-9,12-13,16,22,29H,10-11,14H2,1-5H3;4-7,10-11,14,20,27-28H,3,8-9,12H2,1-2H3;3-6,9-10,13,19,27-28H,7-8,11H2,1-2H3,(H,25,30)/t18-,24+;16-,22+;14-,20+;13-,19+/m0000/s1. The van der Waals surface area contributed by atoms with Gasteiger partial charge in [-0.2, -0.15) is 0 Å². The molecule has 16 rings (SSSR count). The van der Waals surface area contributed by atoms with Gasteiger partial charge in [0.15, 0.2) is 29.1 Å². The maximum Gasteiger partial charge on any atom is 0.407 e. The van der Waals surface area contributed by atoms with Crippen molar-refractivity contribution in [3.63, 3.8) is 0 Å². The number of piperidine rings is 4. The molecule has 0 saturated carbocycles. The Labute approximate surface area is 827 Å². The molecule has 8 atom stereocenters. The third-order valence-electron chi connectivity index (χ3n) is 24.5. The summed E-state index contributed by atoms with van der Waals surface area (Å²) in [6.07, 6.45) is -0.528. The van der Waals surface area contributed by atoms with E-state index in [0.29, 0.717) is 143 Å². The van der Waals surface area contributed by atoms with Crippen molar-refractivity contribution in [3.8, 4) is 91.3 Å². The zero-order chi connectivity index (χ0) is 102. The number of hydrogen-bond acceptors (Lipinski definition) is 30. The maximum atomic E-state index is 13.4. The Morgan fingerprint density at radius 2 is 0.693 bits per heavy atom. The lowest BCUT2D eigenvalue weighted by Crippen LogP contribution is -2.44. The zero-order valence-electron chi connectivity index (χ0n) is 80.2. The van der Waals surface area contributed by atoms with Crippen LogP contribution in [0.4, 0.5) is 4.79 Å². The molecular weight excluding hydrogens is 1930 g/mol. The van der Waals surface area contributed by atoms with Crippen molar-refractivity contribution in [2.45, 2.75) is 129 Å². The van der Waals surface area contributed by atoms with Crippen LogP contribution >= 0.6 is 61.1 Å². The highest BCUT2D eigenvalue weighted by Gasteiger charge is 2.44. The van der Waals surface area contributed by atoms with Gasteiger partial charge in [0.2, 0.25) is 7.37 Å². The minimum atomic E-state index is -3.08. The van der Waals surface area contributed by atoms with Gasteiger partial charge in [0.25, 0.3) is 0 Å². The van der Waals surface area contributed by atoms with Crippen molar-refractivity contribution in [3.05, 3.63) is 229 Å². The largest absolute Gasteiger partial charge is 0.507 e. The van der Waals surface area contributed by atoms with Crippen LogP contribution in [0.15, 0.2) is 182 Å². The molecule has 8 heterocycles. The second-order valence-corrected chi connectivity index (χ2v) is 45.2. The lowest BCUT2D eigenvalue weighted by Gasteiger charge is -2.38. The molecular formula is C103H113Cl4N5O26P2. The number of nitrogens with zero attached hydrogens (tertiary/aromatic N) is 4. The number of hydrogen-bond donors (Lipinski definition) is 7. The number of phenolic OH excluding ortho intramolecular Hbond substituents is 6. The predicted octanol–water partition coefficient (Wildman–Crippen LogP) is 20.2. The topological polar surface area (TPSA) is 425 Å². The number of rotatable bonds is 17. The summed E-state index contributed by atoms with van der Waals surface area (Å²) in [7, 11) is 3.18. The van der Waals surface area contributed by atoms with Crippen LogP contribution in [0.25, 0.3) is 89.2 Å². The summed E-state index contributed by atoms with van der Waals surface area (Å²) >= 11 is 25.4. The molecule has 8 aromatic carbocycles. The molecule has 1 amide bonds. The van der Waals surface area contributed by atoms with Gasteiger partial charge in [0, 0.05) is 183 Å². The Morgan fingerprint density at radius 3 is 1.01 bits per heavy atom. The summed E-state index contributed by atoms with van der Waals surface area (Å²) in [6, 6.07) is 37.6. The molecule has 0 spiro atoms. The van der Waals surface area contributed by atoms with Crippen molar-refractivity contribution in [1.82, 2.24) is 24.9 Å². The molecule has 0 bridgehead atoms. The fourth-order valence-corrected chi connectivity index (χ4v) is 20.1. The smallest absolute Gasteiger partial charge is 0.407 e. The molecule has 7 N–H and O–H groups in total. The van der Waals surface area contributed by atoms with Crippen LogP contribution in [-0.2, 0) is 42.2 Å². The van der Waals surface area contributed by atoms with Crippen molar-refractivity contribution >= 4 is 129 Å². The first-order chi connectivity index (χ1) is 65.9. The molecule has 4 aromatic heterocycles. The highest BCUT2D eigenvalue weighted by atomic mass is 35.5. The van der Waals surface area contributed by atoms with Crippen LogP contribution in [0, 0.1) is 10.8 Å². The molecule has 31 nitrogen and oxygen atoms in total. The van der Waals surface area contributed by atoms with E-state index in [1.54, 1.807) is 159 Å². The van der Waals surface area contributed by atoms with Crippen LogP contribution in [0.3, 0.4) is 0 Å². The number of halogens is 4. The van der Waals surface area contributed by atoms with E-state index in [1.807, 2.05) is 42.9 Å². The van der Waals surface area contributed by atoms with Crippen molar-refractivity contribution in [2.75, 3.05) is 114 Å². The van der Waals surface area contributed by atoms with E-state index in [4.69, 9.17) is 92.1 Å². The van der Waals surface area contributed by atoms with Gasteiger partial charge in [-0.1, -0.05) is 102 Å². The Morgan fingerprint density at radius 1 is 0.400 bits per heavy atom. The average Bonchev–Trinajstić information content (AvgIpc) is 0.758. The Hall–Kier alpha value is -11.7. The summed E-state index contributed by atoms with van der Waals surface area (Å²) in [5, 5.41) is 68.1. The summed E-state index contributed by atoms with van der Waals surface area (Å²) in [5.41, 5.74) is 0.286. The van der Waals surface area contributed by atoms with Gasteiger partial charge < -0.3 is 101 Å². The van der Waals surface area contributed by atoms with E-state index >= 15 is 0 Å². The number of carbonyl (C=O) groups is 4. The monoisotopic (exact) mass is 2040 g/mol. The van der Waals surface area contributed by atoms with E-state index in [2.05, 4.69) is 10.2 Å². The van der Waals surface area contributed by atoms with Gasteiger partial charge in [0.1, 0.15) is 131 Å². The highest BCUT2D eigenvalue weighted by Crippen LogP contribution is 2.54. The molecule has 0 unspecified atom stereocenters. The van der Waals surface area contributed by atoms with E-state index in [-0.39, 0.29) is 126 Å². The molecule has 37 heteroatoms. The number of carbonyl (C=O) groups excluding carboxylic acids is 4. The van der Waals surface area contributed by atoms with Gasteiger partial charge in [-0.05, 0) is 170 Å². The van der Waals surface area contributed by atoms with E-state index < -0.39 is 113 Å². The molecule has 4 aliphatic rings. The second-order valence-electron chi connectivity index (χ2n) is 38.2. The zero-order valence-corrected chi connectivity index (χ0v) is 85.0. The summed E-state index contributed by atoms with van der Waals surface area (Å²) in [5.74, 6) is -4.01. The van der Waals surface area contributed by atoms with Gasteiger partial charge in [-0.25, -0.2) is 4.79 Å². The van der Waals surface area contributed by atoms with Crippen LogP contribution in [0.2, 0.25) is 20.1 Å². The third kappa shape index (κ3) is 24.2. The molecule has 4 aliphatic heterocycles. The molecule has 744 valence electrons. The number of alkyl carbamates (subject to hydrolysis) is 1. The first-order valence-corrected chi connectivity index (χ1v) is 51.9. The SMILES string of the molecule is CCC(=O)O[C@@H]1CN(C)CC[C@@H]1c1c(O)cc(O)c2c(=O)cc(-c3ccccc3Cl)oc12.CN1CC[C@H](c2c(OC(=O)C(C)(C)C)cc(O)c3c(=O)cc(-c4ccccc4Cl)oc23)[C@H](OC(=O)C(C)(C)C)C1.CN1CC[C@H](c2c(OP(C)(C)=O)cc(O)c3c(=O)cc(-c4ccccc4Cl)oc23)[C@H](OP(C)(C)=O)C1.CNC(=O)O[C@@H]1CN(C)CC[C@@H]1c1c(O)cc(O)c2c(=O)cc(-c3ccccc3Cl)oc12. The minimum absolute atomic E-state index is 0.0240. The first kappa shape index (κ1) is 106. The number of fused-ring (bicyclic) bond motifs is 4. The number of amides is 1. The fourth-order valence-electron chi connectivity index (χ4n) is 17.7. The number of benzene rings is 8. The number of nitrogens with one attached hydrogen (secondary N) is 1. The first-order valence-electron chi connectivity index (χ1n) is 45.4. The summed E-state index contributed by atoms with van der Waals surface area (Å²) in [4.78, 5) is 111. The fraction of sp³-hybridized carbons (Fsp3) is 0.379. The Balaban J connectivity index is 0.000000158. The normalized spacial score (nSPS) is 19.1. The number of likely N-dealkylation sites (tertiary alicyclic amines) is 4. The second kappa shape index (κ2) is 43.4. The molecule has 0 aliphatic carbocycles. The number of aromatic hydroxyl groups is 6. The Bertz CT molecular complexity index is 6930. The number of esters is 3. The number of phenols is 6. The van der Waals surface area contributed by atoms with E-state index in [1.165, 1.54) is 56.8 Å². The van der Waals surface area contributed by atoms with Crippen LogP contribution in [-0.4, -0.2) is 213 Å². The van der Waals surface area contributed by atoms with Crippen molar-refractivity contribution < 1.29 is 105 Å². The van der Waals surface area contributed by atoms with E-state index in [0.717, 1.165) is 12.1 Å².